The van der Waals surface area contributed by atoms with Crippen LogP contribution in [0, 0.1) is 12.8 Å². The summed E-state index contributed by atoms with van der Waals surface area (Å²) >= 11 is 1.40. The second-order valence-corrected chi connectivity index (χ2v) is 8.31. The number of nitrogens with zero attached hydrogens (tertiary/aromatic N) is 2. The third-order valence-electron chi connectivity index (χ3n) is 5.53. The van der Waals surface area contributed by atoms with E-state index in [4.69, 9.17) is 9.73 Å². The molecule has 0 spiro atoms. The maximum absolute atomic E-state index is 13.4. The summed E-state index contributed by atoms with van der Waals surface area (Å²) in [5.41, 5.74) is 1.49. The Morgan fingerprint density at radius 2 is 2.00 bits per heavy atom. The molecular formula is C21H19N3O3S. The molecule has 5 rings (SSSR count). The summed E-state index contributed by atoms with van der Waals surface area (Å²) in [5.74, 6) is 0.112. The van der Waals surface area contributed by atoms with E-state index >= 15 is 0 Å². The fraction of sp³-hybridized carbons (Fsp3) is 0.286. The summed E-state index contributed by atoms with van der Waals surface area (Å²) < 4.78 is 6.24. The Kier molecular flexibility index (Phi) is 3.77. The normalized spacial score (nSPS) is 27.4. The Morgan fingerprint density at radius 1 is 1.25 bits per heavy atom. The smallest absolute Gasteiger partial charge is 0.239 e. The number of nitrogens with one attached hydrogen (secondary N) is 1. The van der Waals surface area contributed by atoms with E-state index in [2.05, 4.69) is 5.32 Å². The van der Waals surface area contributed by atoms with E-state index in [9.17, 15) is 9.59 Å². The molecule has 3 heterocycles. The number of hydrogen-bond acceptors (Lipinski definition) is 5. The largest absolute Gasteiger partial charge is 0.465 e. The molecule has 0 unspecified atom stereocenters. The van der Waals surface area contributed by atoms with Crippen LogP contribution in [0.5, 0.6) is 5.75 Å². The Labute approximate surface area is 167 Å². The molecule has 1 N–H and O–H groups in total. The van der Waals surface area contributed by atoms with Crippen molar-refractivity contribution in [3.63, 3.8) is 0 Å². The van der Waals surface area contributed by atoms with Gasteiger partial charge in [-0.15, -0.1) is 0 Å². The standard InChI is InChI=1S/C21H19N3O3S/c1-12-7-3-5-9-14(12)22-19(26)17-18-13-8-4-6-10-15(13)27-21(17,2)23-20-24(18)16(25)11-28-20/h3-10,17-18H,11H2,1-2H3,(H,22,26)/t17-,18-,21-/m0/s1. The summed E-state index contributed by atoms with van der Waals surface area (Å²) in [6.07, 6.45) is 0. The van der Waals surface area contributed by atoms with Gasteiger partial charge in [-0.1, -0.05) is 48.2 Å². The molecule has 3 aliphatic rings. The van der Waals surface area contributed by atoms with Crippen LogP contribution >= 0.6 is 11.8 Å². The second kappa shape index (κ2) is 6.10. The minimum Gasteiger partial charge on any atom is -0.465 e. The van der Waals surface area contributed by atoms with Crippen molar-refractivity contribution in [2.75, 3.05) is 11.1 Å². The van der Waals surface area contributed by atoms with Gasteiger partial charge in [0.25, 0.3) is 0 Å². The molecule has 1 saturated heterocycles. The number of para-hydroxylation sites is 2. The van der Waals surface area contributed by atoms with Crippen molar-refractivity contribution in [3.8, 4) is 5.75 Å². The zero-order valence-corrected chi connectivity index (χ0v) is 16.3. The molecular weight excluding hydrogens is 374 g/mol. The third-order valence-corrected chi connectivity index (χ3v) is 6.47. The van der Waals surface area contributed by atoms with Gasteiger partial charge in [-0.05, 0) is 31.5 Å². The number of aliphatic imine (C=N–C) groups is 1. The zero-order valence-electron chi connectivity index (χ0n) is 15.5. The number of hydrogen-bond donors (Lipinski definition) is 1. The first kappa shape index (κ1) is 17.3. The number of amides is 2. The average molecular weight is 393 g/mol. The Morgan fingerprint density at radius 3 is 2.82 bits per heavy atom. The number of rotatable bonds is 2. The van der Waals surface area contributed by atoms with Gasteiger partial charge >= 0.3 is 0 Å². The van der Waals surface area contributed by atoms with Crippen LogP contribution in [0.4, 0.5) is 5.69 Å². The van der Waals surface area contributed by atoms with Gasteiger partial charge in [0.2, 0.25) is 17.5 Å². The van der Waals surface area contributed by atoms with Crippen LogP contribution in [0.15, 0.2) is 53.5 Å². The molecule has 3 aliphatic heterocycles. The van der Waals surface area contributed by atoms with E-state index in [0.29, 0.717) is 16.7 Å². The third kappa shape index (κ3) is 2.46. The van der Waals surface area contributed by atoms with Crippen molar-refractivity contribution in [1.29, 1.82) is 0 Å². The second-order valence-electron chi connectivity index (χ2n) is 7.37. The summed E-state index contributed by atoms with van der Waals surface area (Å²) in [6.45, 7) is 3.77. The van der Waals surface area contributed by atoms with Crippen LogP contribution in [0.2, 0.25) is 0 Å². The fourth-order valence-corrected chi connectivity index (χ4v) is 5.18. The van der Waals surface area contributed by atoms with Crippen LogP contribution in [-0.4, -0.2) is 33.4 Å². The predicted octanol–water partition coefficient (Wildman–Crippen LogP) is 3.34. The summed E-state index contributed by atoms with van der Waals surface area (Å²) in [5, 5.41) is 3.66. The molecule has 0 aromatic heterocycles. The highest BCUT2D eigenvalue weighted by Gasteiger charge is 2.59. The number of benzene rings is 2. The van der Waals surface area contributed by atoms with Crippen molar-refractivity contribution in [1.82, 2.24) is 4.90 Å². The van der Waals surface area contributed by atoms with Crippen molar-refractivity contribution >= 4 is 34.4 Å². The molecule has 3 atom stereocenters. The predicted molar refractivity (Wildman–Crippen MR) is 108 cm³/mol. The van der Waals surface area contributed by atoms with Crippen LogP contribution in [-0.2, 0) is 9.59 Å². The van der Waals surface area contributed by atoms with Crippen LogP contribution in [0.1, 0.15) is 24.1 Å². The van der Waals surface area contributed by atoms with Crippen molar-refractivity contribution < 1.29 is 14.3 Å². The van der Waals surface area contributed by atoms with E-state index in [1.807, 2.05) is 62.4 Å². The monoisotopic (exact) mass is 393 g/mol. The summed E-state index contributed by atoms with van der Waals surface area (Å²) in [6, 6.07) is 14.8. The van der Waals surface area contributed by atoms with Gasteiger partial charge < -0.3 is 10.1 Å². The zero-order chi connectivity index (χ0) is 19.5. The summed E-state index contributed by atoms with van der Waals surface area (Å²) in [4.78, 5) is 32.5. The molecule has 0 radical (unpaired) electrons. The first-order valence-electron chi connectivity index (χ1n) is 9.17. The molecule has 2 amide bonds. The lowest BCUT2D eigenvalue weighted by Crippen LogP contribution is -2.59. The lowest BCUT2D eigenvalue weighted by Gasteiger charge is -2.49. The number of carbonyl (C=O) groups excluding carboxylic acids is 2. The van der Waals surface area contributed by atoms with Crippen LogP contribution in [0.25, 0.3) is 0 Å². The topological polar surface area (TPSA) is 71.0 Å². The number of thioether (sulfide) groups is 1. The van der Waals surface area contributed by atoms with E-state index in [-0.39, 0.29) is 11.8 Å². The molecule has 7 heteroatoms. The Balaban J connectivity index is 1.62. The highest BCUT2D eigenvalue weighted by Crippen LogP contribution is 2.52. The molecule has 142 valence electrons. The van der Waals surface area contributed by atoms with Crippen molar-refractivity contribution in [2.24, 2.45) is 10.9 Å². The van der Waals surface area contributed by atoms with Gasteiger partial charge in [0, 0.05) is 11.3 Å². The number of carbonyl (C=O) groups is 2. The van der Waals surface area contributed by atoms with Crippen LogP contribution < -0.4 is 10.1 Å². The SMILES string of the molecule is Cc1ccccc1NC(=O)[C@@H]1[C@@H]2c3ccccc3O[C@]1(C)N=C1SCC(=O)N12. The molecule has 0 saturated carbocycles. The lowest BCUT2D eigenvalue weighted by molar-refractivity contribution is -0.139. The molecule has 2 bridgehead atoms. The number of aryl methyl sites for hydroxylation is 1. The molecule has 1 fully saturated rings. The Hall–Kier alpha value is -2.80. The van der Waals surface area contributed by atoms with Gasteiger partial charge in [-0.2, -0.15) is 0 Å². The molecule has 2 aromatic carbocycles. The van der Waals surface area contributed by atoms with Gasteiger partial charge in [0.1, 0.15) is 11.7 Å². The number of anilines is 1. The van der Waals surface area contributed by atoms with E-state index in [0.717, 1.165) is 16.8 Å². The molecule has 0 aliphatic carbocycles. The maximum atomic E-state index is 13.4. The van der Waals surface area contributed by atoms with Gasteiger partial charge in [0.15, 0.2) is 5.17 Å². The quantitative estimate of drug-likeness (QED) is 0.850. The Bertz CT molecular complexity index is 1040. The van der Waals surface area contributed by atoms with Crippen molar-refractivity contribution in [3.05, 3.63) is 59.7 Å². The molecule has 6 nitrogen and oxygen atoms in total. The fourth-order valence-electron chi connectivity index (χ4n) is 4.19. The lowest BCUT2D eigenvalue weighted by atomic mass is 9.79. The number of fused-ring (bicyclic) bond motifs is 6. The highest BCUT2D eigenvalue weighted by atomic mass is 32.2. The van der Waals surface area contributed by atoms with Gasteiger partial charge in [-0.25, -0.2) is 4.99 Å². The first-order chi connectivity index (χ1) is 13.5. The van der Waals surface area contributed by atoms with E-state index in [1.54, 1.807) is 4.90 Å². The molecule has 2 aromatic rings. The molecule has 28 heavy (non-hydrogen) atoms. The average Bonchev–Trinajstić information content (AvgIpc) is 3.02. The minimum atomic E-state index is -1.07. The van der Waals surface area contributed by atoms with Gasteiger partial charge in [0.05, 0.1) is 11.8 Å². The highest BCUT2D eigenvalue weighted by molar-refractivity contribution is 8.15. The number of amidine groups is 1. The number of ether oxygens (including phenoxy) is 1. The summed E-state index contributed by atoms with van der Waals surface area (Å²) in [7, 11) is 0. The van der Waals surface area contributed by atoms with E-state index in [1.165, 1.54) is 11.8 Å². The first-order valence-corrected chi connectivity index (χ1v) is 10.2. The van der Waals surface area contributed by atoms with Gasteiger partial charge in [-0.3, -0.25) is 14.5 Å². The van der Waals surface area contributed by atoms with Crippen LogP contribution in [0.3, 0.4) is 0 Å². The maximum Gasteiger partial charge on any atom is 0.239 e. The van der Waals surface area contributed by atoms with E-state index < -0.39 is 17.7 Å². The minimum absolute atomic E-state index is 0.0267. The van der Waals surface area contributed by atoms with Crippen molar-refractivity contribution in [2.45, 2.75) is 25.6 Å².